The molecule has 168 valence electrons. The molecule has 0 saturated carbocycles. The smallest absolute Gasteiger partial charge is 0.261 e. The van der Waals surface area contributed by atoms with E-state index in [0.717, 1.165) is 10.5 Å². The molecule has 0 bridgehead atoms. The zero-order chi connectivity index (χ0) is 23.4. The molecule has 1 heterocycles. The number of amides is 3. The quantitative estimate of drug-likeness (QED) is 0.523. The van der Waals surface area contributed by atoms with Crippen LogP contribution < -0.4 is 14.9 Å². The van der Waals surface area contributed by atoms with Crippen LogP contribution in [0.4, 0.5) is 11.4 Å². The molecule has 0 spiro atoms. The Bertz CT molecular complexity index is 1290. The number of benzene rings is 3. The number of para-hydroxylation sites is 1. The minimum Gasteiger partial charge on any atom is -0.348 e. The number of nitrogens with one attached hydrogen (secondary N) is 2. The van der Waals surface area contributed by atoms with Crippen molar-refractivity contribution < 1.29 is 22.8 Å². The van der Waals surface area contributed by atoms with Crippen molar-refractivity contribution in [1.82, 2.24) is 5.32 Å². The largest absolute Gasteiger partial charge is 0.348 e. The Morgan fingerprint density at radius 1 is 0.818 bits per heavy atom. The second-order valence-electron chi connectivity index (χ2n) is 7.44. The van der Waals surface area contributed by atoms with Crippen molar-refractivity contribution in [3.05, 3.63) is 90.0 Å². The normalized spacial score (nSPS) is 13.8. The Morgan fingerprint density at radius 3 is 2.09 bits per heavy atom. The molecule has 1 fully saturated rings. The molecule has 0 unspecified atom stereocenters. The summed E-state index contributed by atoms with van der Waals surface area (Å²) in [6, 6.07) is 21.1. The molecule has 1 aliphatic rings. The Morgan fingerprint density at radius 2 is 1.42 bits per heavy atom. The highest BCUT2D eigenvalue weighted by atomic mass is 32.2. The van der Waals surface area contributed by atoms with Crippen molar-refractivity contribution in [3.63, 3.8) is 0 Å². The highest BCUT2D eigenvalue weighted by Crippen LogP contribution is 2.25. The monoisotopic (exact) mass is 463 g/mol. The first-order valence-corrected chi connectivity index (χ1v) is 11.7. The van der Waals surface area contributed by atoms with E-state index in [2.05, 4.69) is 10.0 Å². The number of nitrogens with zero attached hydrogens (tertiary/aromatic N) is 1. The van der Waals surface area contributed by atoms with Gasteiger partial charge in [-0.25, -0.2) is 8.42 Å². The molecular weight excluding hydrogens is 442 g/mol. The van der Waals surface area contributed by atoms with E-state index >= 15 is 0 Å². The molecule has 4 rings (SSSR count). The molecule has 33 heavy (non-hydrogen) atoms. The number of anilines is 2. The maximum absolute atomic E-state index is 12.9. The summed E-state index contributed by atoms with van der Waals surface area (Å²) < 4.78 is 28.3. The number of hydrogen-bond acceptors (Lipinski definition) is 5. The molecule has 8 nitrogen and oxygen atoms in total. The molecule has 2 N–H and O–H groups in total. The predicted octanol–water partition coefficient (Wildman–Crippen LogP) is 3.07. The van der Waals surface area contributed by atoms with Gasteiger partial charge in [0.15, 0.2) is 0 Å². The van der Waals surface area contributed by atoms with Crippen LogP contribution in [-0.2, 0) is 26.2 Å². The lowest BCUT2D eigenvalue weighted by atomic mass is 10.1. The first kappa shape index (κ1) is 22.2. The van der Waals surface area contributed by atoms with E-state index in [-0.39, 0.29) is 40.8 Å². The number of imide groups is 1. The summed E-state index contributed by atoms with van der Waals surface area (Å²) in [5.41, 5.74) is 1.56. The lowest BCUT2D eigenvalue weighted by molar-refractivity contribution is -0.121. The first-order chi connectivity index (χ1) is 15.8. The summed E-state index contributed by atoms with van der Waals surface area (Å²) in [7, 11) is -4.02. The third kappa shape index (κ3) is 4.93. The molecule has 0 aliphatic carbocycles. The molecule has 0 radical (unpaired) electrons. The summed E-state index contributed by atoms with van der Waals surface area (Å²) in [4.78, 5) is 37.5. The van der Waals surface area contributed by atoms with Gasteiger partial charge in [-0.3, -0.25) is 24.0 Å². The summed E-state index contributed by atoms with van der Waals surface area (Å²) in [6.45, 7) is 0.302. The summed E-state index contributed by atoms with van der Waals surface area (Å²) >= 11 is 0. The van der Waals surface area contributed by atoms with Crippen molar-refractivity contribution in [3.8, 4) is 0 Å². The number of hydrogen-bond donors (Lipinski definition) is 2. The van der Waals surface area contributed by atoms with Crippen LogP contribution in [0, 0.1) is 0 Å². The fourth-order valence-electron chi connectivity index (χ4n) is 3.49. The van der Waals surface area contributed by atoms with Crippen LogP contribution in [0.25, 0.3) is 0 Å². The predicted molar refractivity (Wildman–Crippen MR) is 123 cm³/mol. The first-order valence-electron chi connectivity index (χ1n) is 10.2. The van der Waals surface area contributed by atoms with Crippen molar-refractivity contribution in [2.24, 2.45) is 0 Å². The van der Waals surface area contributed by atoms with Gasteiger partial charge < -0.3 is 5.32 Å². The van der Waals surface area contributed by atoms with E-state index in [1.54, 1.807) is 12.1 Å². The highest BCUT2D eigenvalue weighted by molar-refractivity contribution is 7.92. The van der Waals surface area contributed by atoms with Crippen molar-refractivity contribution in [1.29, 1.82) is 0 Å². The number of carbonyl (C=O) groups excluding carboxylic acids is 3. The molecule has 3 amide bonds. The van der Waals surface area contributed by atoms with Gasteiger partial charge in [-0.1, -0.05) is 42.5 Å². The van der Waals surface area contributed by atoms with Gasteiger partial charge in [-0.2, -0.15) is 0 Å². The van der Waals surface area contributed by atoms with Gasteiger partial charge in [0, 0.05) is 19.4 Å². The molecule has 0 aromatic heterocycles. The Hall–Kier alpha value is -3.98. The van der Waals surface area contributed by atoms with E-state index in [0.29, 0.717) is 12.2 Å². The molecule has 3 aromatic carbocycles. The Labute approximate surface area is 191 Å². The minimum absolute atomic E-state index is 0.0650. The topological polar surface area (TPSA) is 113 Å². The second kappa shape index (κ2) is 9.25. The molecule has 1 saturated heterocycles. The minimum atomic E-state index is -4.02. The lowest BCUT2D eigenvalue weighted by Crippen LogP contribution is -2.28. The second-order valence-corrected chi connectivity index (χ2v) is 9.12. The summed E-state index contributed by atoms with van der Waals surface area (Å²) in [5, 5.41) is 2.79. The number of carbonyl (C=O) groups is 3. The van der Waals surface area contributed by atoms with E-state index in [9.17, 15) is 22.8 Å². The zero-order valence-electron chi connectivity index (χ0n) is 17.5. The van der Waals surface area contributed by atoms with Gasteiger partial charge in [0.25, 0.3) is 15.9 Å². The number of rotatable bonds is 7. The van der Waals surface area contributed by atoms with Crippen LogP contribution in [0.2, 0.25) is 0 Å². The van der Waals surface area contributed by atoms with Crippen molar-refractivity contribution in [2.45, 2.75) is 24.3 Å². The Kier molecular flexibility index (Phi) is 6.23. The molecule has 0 atom stereocenters. The fourth-order valence-corrected chi connectivity index (χ4v) is 4.57. The molecule has 9 heteroatoms. The van der Waals surface area contributed by atoms with Crippen LogP contribution in [0.3, 0.4) is 0 Å². The van der Waals surface area contributed by atoms with Gasteiger partial charge in [0.1, 0.15) is 0 Å². The average Bonchev–Trinajstić information content (AvgIpc) is 3.16. The van der Waals surface area contributed by atoms with Crippen LogP contribution in [-0.4, -0.2) is 26.1 Å². The third-order valence-corrected chi connectivity index (χ3v) is 6.55. The standard InChI is InChI=1S/C24H21N3O5S/c28-22-14-15-23(29)27(22)18-10-12-19(13-11-18)33(31,32)26-21-9-5-4-8-20(21)24(30)25-16-17-6-2-1-3-7-17/h1-13,26H,14-16H2,(H,25,30). The van der Waals surface area contributed by atoms with Gasteiger partial charge in [-0.05, 0) is 42.0 Å². The van der Waals surface area contributed by atoms with E-state index in [1.807, 2.05) is 30.3 Å². The van der Waals surface area contributed by atoms with E-state index in [1.165, 1.54) is 36.4 Å². The third-order valence-electron chi connectivity index (χ3n) is 5.17. The van der Waals surface area contributed by atoms with Crippen LogP contribution in [0.15, 0.2) is 83.8 Å². The van der Waals surface area contributed by atoms with E-state index in [4.69, 9.17) is 0 Å². The lowest BCUT2D eigenvalue weighted by Gasteiger charge is -2.15. The maximum Gasteiger partial charge on any atom is 0.261 e. The van der Waals surface area contributed by atoms with Crippen molar-refractivity contribution in [2.75, 3.05) is 9.62 Å². The van der Waals surface area contributed by atoms with Crippen LogP contribution in [0.1, 0.15) is 28.8 Å². The van der Waals surface area contributed by atoms with Gasteiger partial charge in [0.2, 0.25) is 11.8 Å². The van der Waals surface area contributed by atoms with Gasteiger partial charge in [-0.15, -0.1) is 0 Å². The fraction of sp³-hybridized carbons (Fsp3) is 0.125. The van der Waals surface area contributed by atoms with Crippen molar-refractivity contribution >= 4 is 39.1 Å². The molecular formula is C24H21N3O5S. The van der Waals surface area contributed by atoms with Gasteiger partial charge in [0.05, 0.1) is 21.8 Å². The SMILES string of the molecule is O=C(NCc1ccccc1)c1ccccc1NS(=O)(=O)c1ccc(N2C(=O)CCC2=O)cc1. The summed E-state index contributed by atoms with van der Waals surface area (Å²) in [6.07, 6.45) is 0.285. The van der Waals surface area contributed by atoms with Crippen LogP contribution in [0.5, 0.6) is 0 Å². The van der Waals surface area contributed by atoms with E-state index < -0.39 is 15.9 Å². The van der Waals surface area contributed by atoms with Crippen LogP contribution >= 0.6 is 0 Å². The molecule has 3 aromatic rings. The average molecular weight is 464 g/mol. The number of sulfonamides is 1. The highest BCUT2D eigenvalue weighted by Gasteiger charge is 2.30. The van der Waals surface area contributed by atoms with Gasteiger partial charge >= 0.3 is 0 Å². The molecule has 1 aliphatic heterocycles. The zero-order valence-corrected chi connectivity index (χ0v) is 18.3. The maximum atomic E-state index is 12.9. The Balaban J connectivity index is 1.51. The summed E-state index contributed by atoms with van der Waals surface area (Å²) in [5.74, 6) is -1.05.